The van der Waals surface area contributed by atoms with Crippen molar-refractivity contribution in [1.29, 1.82) is 0 Å². The fourth-order valence-electron chi connectivity index (χ4n) is 2.90. The number of rotatable bonds is 3. The monoisotopic (exact) mass is 365 g/mol. The van der Waals surface area contributed by atoms with Crippen LogP contribution in [0.25, 0.3) is 33.5 Å². The zero-order chi connectivity index (χ0) is 19.0. The Morgan fingerprint density at radius 2 is 1.81 bits per heavy atom. The number of carbonyl (C=O) groups excluding carboxylic acids is 1. The third-order valence-electron chi connectivity index (χ3n) is 4.22. The smallest absolute Gasteiger partial charge is 0.274 e. The van der Waals surface area contributed by atoms with Crippen LogP contribution >= 0.6 is 0 Å². The van der Waals surface area contributed by atoms with Crippen molar-refractivity contribution in [2.24, 2.45) is 0 Å². The number of amides is 1. The summed E-state index contributed by atoms with van der Waals surface area (Å²) >= 11 is 0. The SMILES string of the molecule is O=C(NO)c1ccc2nc(-c3cccc(-c4cc(F)ccc4F)c3)[nH]c2c1. The number of fused-ring (bicyclic) bond motifs is 1. The van der Waals surface area contributed by atoms with Crippen LogP contribution in [0.5, 0.6) is 0 Å². The first kappa shape index (κ1) is 16.9. The van der Waals surface area contributed by atoms with Crippen LogP contribution < -0.4 is 5.48 Å². The Kier molecular flexibility index (Phi) is 4.13. The molecule has 3 aromatic carbocycles. The summed E-state index contributed by atoms with van der Waals surface area (Å²) < 4.78 is 27.6. The fourth-order valence-corrected chi connectivity index (χ4v) is 2.90. The number of hydrogen-bond donors (Lipinski definition) is 3. The second kappa shape index (κ2) is 6.62. The average Bonchev–Trinajstić information content (AvgIpc) is 3.12. The first-order chi connectivity index (χ1) is 13.0. The van der Waals surface area contributed by atoms with Gasteiger partial charge in [0, 0.05) is 16.7 Å². The molecule has 1 amide bonds. The quantitative estimate of drug-likeness (QED) is 0.374. The van der Waals surface area contributed by atoms with E-state index < -0.39 is 17.5 Å². The molecule has 0 spiro atoms. The molecule has 4 rings (SSSR count). The van der Waals surface area contributed by atoms with Gasteiger partial charge in [-0.05, 0) is 48.0 Å². The first-order valence-corrected chi connectivity index (χ1v) is 8.05. The van der Waals surface area contributed by atoms with Gasteiger partial charge in [-0.3, -0.25) is 10.0 Å². The van der Waals surface area contributed by atoms with Crippen LogP contribution in [0.3, 0.4) is 0 Å². The van der Waals surface area contributed by atoms with E-state index in [-0.39, 0.29) is 11.1 Å². The molecule has 0 aliphatic carbocycles. The normalized spacial score (nSPS) is 10.9. The molecule has 5 nitrogen and oxygen atoms in total. The van der Waals surface area contributed by atoms with Crippen LogP contribution in [0.2, 0.25) is 0 Å². The maximum atomic E-state index is 14.1. The molecule has 0 fully saturated rings. The van der Waals surface area contributed by atoms with E-state index in [9.17, 15) is 13.6 Å². The van der Waals surface area contributed by atoms with Crippen molar-refractivity contribution in [1.82, 2.24) is 15.4 Å². The predicted octanol–water partition coefficient (Wildman–Crippen LogP) is 4.29. The zero-order valence-corrected chi connectivity index (χ0v) is 13.8. The lowest BCUT2D eigenvalue weighted by Gasteiger charge is -2.05. The topological polar surface area (TPSA) is 78.0 Å². The number of aromatic amines is 1. The summed E-state index contributed by atoms with van der Waals surface area (Å²) in [5.74, 6) is -1.14. The highest BCUT2D eigenvalue weighted by atomic mass is 19.1. The number of benzene rings is 3. The molecule has 0 bridgehead atoms. The van der Waals surface area contributed by atoms with Crippen LogP contribution in [0.4, 0.5) is 8.78 Å². The van der Waals surface area contributed by atoms with Crippen molar-refractivity contribution >= 4 is 16.9 Å². The lowest BCUT2D eigenvalue weighted by molar-refractivity contribution is 0.0706. The predicted molar refractivity (Wildman–Crippen MR) is 96.1 cm³/mol. The summed E-state index contributed by atoms with van der Waals surface area (Å²) in [6.07, 6.45) is 0. The molecule has 7 heteroatoms. The molecular weight excluding hydrogens is 352 g/mol. The van der Waals surface area contributed by atoms with E-state index in [2.05, 4.69) is 9.97 Å². The van der Waals surface area contributed by atoms with Gasteiger partial charge in [0.25, 0.3) is 5.91 Å². The van der Waals surface area contributed by atoms with Gasteiger partial charge >= 0.3 is 0 Å². The minimum Gasteiger partial charge on any atom is -0.338 e. The number of halogens is 2. The molecule has 0 aliphatic rings. The Bertz CT molecular complexity index is 1170. The van der Waals surface area contributed by atoms with Crippen molar-refractivity contribution in [3.05, 3.63) is 77.9 Å². The minimum absolute atomic E-state index is 0.162. The van der Waals surface area contributed by atoms with Crippen LogP contribution in [-0.4, -0.2) is 21.1 Å². The molecule has 3 N–H and O–H groups in total. The second-order valence-corrected chi connectivity index (χ2v) is 5.96. The highest BCUT2D eigenvalue weighted by Gasteiger charge is 2.12. The van der Waals surface area contributed by atoms with E-state index in [1.165, 1.54) is 6.07 Å². The van der Waals surface area contributed by atoms with Gasteiger partial charge in [0.15, 0.2) is 0 Å². The summed E-state index contributed by atoms with van der Waals surface area (Å²) in [4.78, 5) is 19.1. The van der Waals surface area contributed by atoms with E-state index in [1.54, 1.807) is 41.9 Å². The van der Waals surface area contributed by atoms with Gasteiger partial charge in [-0.15, -0.1) is 0 Å². The maximum absolute atomic E-state index is 14.1. The number of nitrogens with zero attached hydrogens (tertiary/aromatic N) is 1. The number of carbonyl (C=O) groups is 1. The highest BCUT2D eigenvalue weighted by Crippen LogP contribution is 2.28. The van der Waals surface area contributed by atoms with E-state index in [4.69, 9.17) is 5.21 Å². The molecule has 0 saturated carbocycles. The van der Waals surface area contributed by atoms with Gasteiger partial charge in [-0.2, -0.15) is 0 Å². The molecular formula is C20H13F2N3O2. The van der Waals surface area contributed by atoms with E-state index in [0.717, 1.165) is 18.2 Å². The van der Waals surface area contributed by atoms with Crippen molar-refractivity contribution in [3.63, 3.8) is 0 Å². The maximum Gasteiger partial charge on any atom is 0.274 e. The molecule has 0 radical (unpaired) electrons. The number of H-pyrrole nitrogens is 1. The van der Waals surface area contributed by atoms with Gasteiger partial charge < -0.3 is 4.98 Å². The Labute approximate surface area is 152 Å². The third-order valence-corrected chi connectivity index (χ3v) is 4.22. The van der Waals surface area contributed by atoms with Crippen LogP contribution in [-0.2, 0) is 0 Å². The van der Waals surface area contributed by atoms with Gasteiger partial charge in [0.05, 0.1) is 11.0 Å². The Hall–Kier alpha value is -3.58. The Morgan fingerprint density at radius 3 is 2.63 bits per heavy atom. The minimum atomic E-state index is -0.628. The molecule has 27 heavy (non-hydrogen) atoms. The van der Waals surface area contributed by atoms with Gasteiger partial charge in [-0.25, -0.2) is 19.2 Å². The highest BCUT2D eigenvalue weighted by molar-refractivity contribution is 5.97. The van der Waals surface area contributed by atoms with Crippen LogP contribution in [0, 0.1) is 11.6 Å². The van der Waals surface area contributed by atoms with Crippen molar-refractivity contribution in [2.45, 2.75) is 0 Å². The van der Waals surface area contributed by atoms with Crippen LogP contribution in [0.15, 0.2) is 60.7 Å². The number of aromatic nitrogens is 2. The van der Waals surface area contributed by atoms with Gasteiger partial charge in [-0.1, -0.05) is 18.2 Å². The lowest BCUT2D eigenvalue weighted by Crippen LogP contribution is -2.18. The molecule has 0 unspecified atom stereocenters. The van der Waals surface area contributed by atoms with Crippen LogP contribution in [0.1, 0.15) is 10.4 Å². The number of imidazole rings is 1. The summed E-state index contributed by atoms with van der Waals surface area (Å²) in [6, 6.07) is 15.0. The van der Waals surface area contributed by atoms with E-state index in [1.807, 2.05) is 0 Å². The van der Waals surface area contributed by atoms with E-state index >= 15 is 0 Å². The Balaban J connectivity index is 1.77. The molecule has 0 aliphatic heterocycles. The summed E-state index contributed by atoms with van der Waals surface area (Å²) in [5, 5.41) is 8.74. The molecule has 0 saturated heterocycles. The van der Waals surface area contributed by atoms with Gasteiger partial charge in [0.2, 0.25) is 0 Å². The molecule has 4 aromatic rings. The average molecular weight is 365 g/mol. The number of nitrogens with one attached hydrogen (secondary N) is 2. The third kappa shape index (κ3) is 3.16. The number of hydroxylamine groups is 1. The molecule has 134 valence electrons. The van der Waals surface area contributed by atoms with Gasteiger partial charge in [0.1, 0.15) is 17.5 Å². The lowest BCUT2D eigenvalue weighted by atomic mass is 10.0. The Morgan fingerprint density at radius 1 is 1.00 bits per heavy atom. The summed E-state index contributed by atoms with van der Waals surface area (Å²) in [6.45, 7) is 0. The molecule has 0 atom stereocenters. The number of hydrogen-bond acceptors (Lipinski definition) is 3. The van der Waals surface area contributed by atoms with Crippen molar-refractivity contribution in [3.8, 4) is 22.5 Å². The van der Waals surface area contributed by atoms with E-state index in [0.29, 0.717) is 28.0 Å². The van der Waals surface area contributed by atoms with Crippen molar-refractivity contribution in [2.75, 3.05) is 0 Å². The second-order valence-electron chi connectivity index (χ2n) is 5.96. The molecule has 1 aromatic heterocycles. The van der Waals surface area contributed by atoms with Crippen molar-refractivity contribution < 1.29 is 18.8 Å². The zero-order valence-electron chi connectivity index (χ0n) is 13.8. The first-order valence-electron chi connectivity index (χ1n) is 8.05. The summed E-state index contributed by atoms with van der Waals surface area (Å²) in [5.41, 5.74) is 4.45. The fraction of sp³-hybridized carbons (Fsp3) is 0. The standard InChI is InChI=1S/C20H13F2N3O2/c21-14-5-6-16(22)15(10-14)11-2-1-3-12(8-11)19-23-17-7-4-13(20(26)25-27)9-18(17)24-19/h1-10,27H,(H,23,24)(H,25,26). The largest absolute Gasteiger partial charge is 0.338 e. The summed E-state index contributed by atoms with van der Waals surface area (Å²) in [7, 11) is 0. The molecule has 1 heterocycles.